The summed E-state index contributed by atoms with van der Waals surface area (Å²) < 4.78 is 33.5. The van der Waals surface area contributed by atoms with Crippen molar-refractivity contribution in [2.45, 2.75) is 199 Å². The fourth-order valence-corrected chi connectivity index (χ4v) is 10.5. The normalized spacial score (nSPS) is 46.2. The van der Waals surface area contributed by atoms with Gasteiger partial charge in [-0.1, -0.05) is 55.4 Å². The van der Waals surface area contributed by atoms with E-state index in [2.05, 4.69) is 20.8 Å². The van der Waals surface area contributed by atoms with Crippen molar-refractivity contribution >= 4 is 11.8 Å². The molecular weight excluding hydrogens is 680 g/mol. The number of carboxylic acid groups (broad SMARTS) is 1. The molecule has 0 aromatic carbocycles. The van der Waals surface area contributed by atoms with Gasteiger partial charge in [0.1, 0.15) is 11.9 Å². The van der Waals surface area contributed by atoms with Crippen molar-refractivity contribution in [2.24, 2.45) is 41.4 Å². The number of aliphatic hydroxyl groups is 3. The van der Waals surface area contributed by atoms with Gasteiger partial charge in [0.25, 0.3) is 0 Å². The number of Topliss-reactive ketones (excluding diaryl/α,β-unsaturated/α-hetero) is 1. The second kappa shape index (κ2) is 16.2. The molecule has 0 bridgehead atoms. The zero-order valence-corrected chi connectivity index (χ0v) is 34.0. The fourth-order valence-electron chi connectivity index (χ4n) is 10.5. The third-order valence-corrected chi connectivity index (χ3v) is 14.4. The van der Waals surface area contributed by atoms with Crippen molar-refractivity contribution in [3.05, 3.63) is 12.2 Å². The predicted molar refractivity (Wildman–Crippen MR) is 199 cm³/mol. The van der Waals surface area contributed by atoms with E-state index < -0.39 is 76.8 Å². The van der Waals surface area contributed by atoms with Crippen LogP contribution in [0.3, 0.4) is 0 Å². The fraction of sp³-hybridized carbons (Fsp3) is 0.905. The second-order valence-electron chi connectivity index (χ2n) is 17.9. The topological polar surface area (TPSA) is 161 Å². The standard InChI is InChI=1S/C42H70O11/c1-11-29(38(46)47)31-15-14-23(4)36(50-31)27(8)34(44)26(7)35(45)30(12-2)37-24(5)22-25(6)41(51-37)19-16-32(43)42(53-41)21-20-39(10,52-42)33-17-18-40(48,13-3)28(9)49-33/h16,19,23-34,36-37,43-44,48H,11-15,17-18,20-22H2,1-10H3,(H,46,47)/t23-,24-,25+,26+,27-,28-,29-,30+,31+,32+,33+,34-,36+,37+,39+,40+,41-,42-/m0/s1. The molecule has 53 heavy (non-hydrogen) atoms. The summed E-state index contributed by atoms with van der Waals surface area (Å²) in [6.07, 6.45) is 5.51. The van der Waals surface area contributed by atoms with E-state index in [0.717, 1.165) is 6.42 Å². The molecule has 4 saturated heterocycles. The summed E-state index contributed by atoms with van der Waals surface area (Å²) in [6, 6.07) is 0. The SMILES string of the molecule is CC[C@H](C(=O)[C@H](C)[C@H](O)[C@H](C)[C@@H]1O[C@@H]([C@H](CC)C(=O)O)CC[C@@H]1C)[C@@H]1O[C@]2(C=C[C@@H](O)[C@]3(CC[C@](C)([C@H]4CC[C@](O)(CC)[C@H](C)O4)O3)O2)[C@H](C)C[C@@H]1C. The van der Waals surface area contributed by atoms with Crippen LogP contribution in [-0.2, 0) is 33.3 Å². The van der Waals surface area contributed by atoms with Gasteiger partial charge < -0.3 is 44.1 Å². The predicted octanol–water partition coefficient (Wildman–Crippen LogP) is 6.19. The van der Waals surface area contributed by atoms with Gasteiger partial charge in [0.2, 0.25) is 5.79 Å². The molecular formula is C42H70O11. The molecule has 11 nitrogen and oxygen atoms in total. The Morgan fingerprint density at radius 3 is 2.17 bits per heavy atom. The molecule has 4 N–H and O–H groups in total. The van der Waals surface area contributed by atoms with Gasteiger partial charge in [0.15, 0.2) is 5.79 Å². The molecule has 11 heteroatoms. The van der Waals surface area contributed by atoms with Gasteiger partial charge in [-0.15, -0.1) is 0 Å². The van der Waals surface area contributed by atoms with Crippen molar-refractivity contribution in [1.29, 1.82) is 0 Å². The Morgan fingerprint density at radius 1 is 0.887 bits per heavy atom. The maximum absolute atomic E-state index is 14.4. The average molecular weight is 751 g/mol. The molecule has 5 rings (SSSR count). The molecule has 0 aromatic heterocycles. The average Bonchev–Trinajstić information content (AvgIpc) is 3.47. The molecule has 0 amide bonds. The monoisotopic (exact) mass is 750 g/mol. The molecule has 2 spiro atoms. The van der Waals surface area contributed by atoms with Gasteiger partial charge in [0, 0.05) is 30.1 Å². The zero-order valence-electron chi connectivity index (χ0n) is 34.0. The lowest BCUT2D eigenvalue weighted by Crippen LogP contribution is -2.63. The van der Waals surface area contributed by atoms with E-state index in [4.69, 9.17) is 23.7 Å². The van der Waals surface area contributed by atoms with Crippen LogP contribution in [0, 0.1) is 41.4 Å². The van der Waals surface area contributed by atoms with E-state index in [1.807, 2.05) is 41.5 Å². The van der Waals surface area contributed by atoms with E-state index in [1.54, 1.807) is 19.1 Å². The first-order valence-electron chi connectivity index (χ1n) is 20.7. The number of hydrogen-bond acceptors (Lipinski definition) is 10. The van der Waals surface area contributed by atoms with Gasteiger partial charge in [-0.2, -0.15) is 0 Å². The highest BCUT2D eigenvalue weighted by molar-refractivity contribution is 5.84. The van der Waals surface area contributed by atoms with Crippen LogP contribution in [0.4, 0.5) is 0 Å². The molecule has 304 valence electrons. The number of ketones is 1. The van der Waals surface area contributed by atoms with Crippen molar-refractivity contribution in [3.8, 4) is 0 Å². The highest BCUT2D eigenvalue weighted by atomic mass is 16.8. The Labute approximate surface area is 317 Å². The molecule has 0 aliphatic carbocycles. The summed E-state index contributed by atoms with van der Waals surface area (Å²) in [5, 5.41) is 44.0. The number of hydrogen-bond donors (Lipinski definition) is 4. The summed E-state index contributed by atoms with van der Waals surface area (Å²) in [4.78, 5) is 26.4. The van der Waals surface area contributed by atoms with Crippen LogP contribution >= 0.6 is 0 Å². The third kappa shape index (κ3) is 7.94. The van der Waals surface area contributed by atoms with Gasteiger partial charge in [0.05, 0.1) is 53.7 Å². The van der Waals surface area contributed by atoms with Crippen molar-refractivity contribution in [3.63, 3.8) is 0 Å². The maximum atomic E-state index is 14.4. The number of aliphatic carboxylic acids is 1. The van der Waals surface area contributed by atoms with Gasteiger partial charge in [-0.05, 0) is 95.6 Å². The van der Waals surface area contributed by atoms with Crippen LogP contribution in [0.1, 0.15) is 133 Å². The first-order chi connectivity index (χ1) is 24.8. The lowest BCUT2D eigenvalue weighted by molar-refractivity contribution is -0.409. The quantitative estimate of drug-likeness (QED) is 0.169. The van der Waals surface area contributed by atoms with Crippen LogP contribution in [0.5, 0.6) is 0 Å². The van der Waals surface area contributed by atoms with Crippen molar-refractivity contribution < 1.29 is 53.7 Å². The number of carbonyl (C=O) groups excluding carboxylic acids is 1. The van der Waals surface area contributed by atoms with Crippen LogP contribution in [-0.4, -0.2) is 97.7 Å². The van der Waals surface area contributed by atoms with Gasteiger partial charge >= 0.3 is 5.97 Å². The number of carbonyl (C=O) groups is 2. The summed E-state index contributed by atoms with van der Waals surface area (Å²) >= 11 is 0. The van der Waals surface area contributed by atoms with Gasteiger partial charge in [-0.25, -0.2) is 0 Å². The van der Waals surface area contributed by atoms with E-state index in [1.165, 1.54) is 0 Å². The Hall–Kier alpha value is -1.44. The Morgan fingerprint density at radius 2 is 1.57 bits per heavy atom. The zero-order chi connectivity index (χ0) is 39.3. The highest BCUT2D eigenvalue weighted by Gasteiger charge is 2.63. The minimum atomic E-state index is -1.37. The molecule has 5 aliphatic rings. The third-order valence-electron chi connectivity index (χ3n) is 14.4. The smallest absolute Gasteiger partial charge is 0.309 e. The van der Waals surface area contributed by atoms with E-state index in [9.17, 15) is 30.0 Å². The molecule has 0 radical (unpaired) electrons. The number of aliphatic hydroxyl groups excluding tert-OH is 2. The summed E-state index contributed by atoms with van der Waals surface area (Å²) in [7, 11) is 0. The van der Waals surface area contributed by atoms with Crippen LogP contribution in [0.25, 0.3) is 0 Å². The summed E-state index contributed by atoms with van der Waals surface area (Å²) in [5.74, 6) is -5.78. The summed E-state index contributed by atoms with van der Waals surface area (Å²) in [6.45, 7) is 19.6. The van der Waals surface area contributed by atoms with Crippen LogP contribution in [0.15, 0.2) is 12.2 Å². The summed E-state index contributed by atoms with van der Waals surface area (Å²) in [5.41, 5.74) is -1.63. The number of ether oxygens (including phenoxy) is 5. The first-order valence-corrected chi connectivity index (χ1v) is 20.7. The lowest BCUT2D eigenvalue weighted by atomic mass is 9.72. The lowest BCUT2D eigenvalue weighted by Gasteiger charge is -2.54. The molecule has 5 aliphatic heterocycles. The van der Waals surface area contributed by atoms with Crippen LogP contribution in [0.2, 0.25) is 0 Å². The number of carboxylic acids is 1. The Balaban J connectivity index is 1.31. The van der Waals surface area contributed by atoms with Crippen LogP contribution < -0.4 is 0 Å². The molecule has 18 atom stereocenters. The molecule has 5 heterocycles. The van der Waals surface area contributed by atoms with Crippen molar-refractivity contribution in [1.82, 2.24) is 0 Å². The largest absolute Gasteiger partial charge is 0.481 e. The van der Waals surface area contributed by atoms with Crippen molar-refractivity contribution in [2.75, 3.05) is 0 Å². The molecule has 0 aromatic rings. The molecule has 4 fully saturated rings. The molecule has 0 saturated carbocycles. The first kappa shape index (κ1) is 42.7. The van der Waals surface area contributed by atoms with E-state index >= 15 is 0 Å². The van der Waals surface area contributed by atoms with E-state index in [0.29, 0.717) is 57.8 Å². The maximum Gasteiger partial charge on any atom is 0.309 e. The Kier molecular flexibility index (Phi) is 13.0. The Bertz CT molecular complexity index is 1320. The minimum Gasteiger partial charge on any atom is -0.481 e. The second-order valence-corrected chi connectivity index (χ2v) is 17.9. The molecule has 0 unspecified atom stereocenters. The number of rotatable bonds is 12. The van der Waals surface area contributed by atoms with E-state index in [-0.39, 0.29) is 41.8 Å². The minimum absolute atomic E-state index is 0.0137. The van der Waals surface area contributed by atoms with Gasteiger partial charge in [-0.3, -0.25) is 9.59 Å². The highest BCUT2D eigenvalue weighted by Crippen LogP contribution is 2.54.